The van der Waals surface area contributed by atoms with E-state index in [0.29, 0.717) is 29.2 Å². The minimum Gasteiger partial charge on any atom is -0.507 e. The summed E-state index contributed by atoms with van der Waals surface area (Å²) in [5, 5.41) is 18.3. The number of aromatic amines is 1. The quantitative estimate of drug-likeness (QED) is 0.475. The van der Waals surface area contributed by atoms with E-state index in [9.17, 15) is 9.90 Å². The number of aryl methyl sites for hydroxylation is 2. The number of nitrogens with zero attached hydrogens (tertiary/aromatic N) is 3. The van der Waals surface area contributed by atoms with Crippen LogP contribution in [0, 0.1) is 13.8 Å². The summed E-state index contributed by atoms with van der Waals surface area (Å²) in [6.45, 7) is 4.22. The highest BCUT2D eigenvalue weighted by Gasteiger charge is 2.42. The first-order valence-electron chi connectivity index (χ1n) is 10.7. The van der Waals surface area contributed by atoms with E-state index in [1.54, 1.807) is 24.4 Å². The molecule has 1 aliphatic rings. The van der Waals surface area contributed by atoms with Crippen molar-refractivity contribution >= 4 is 5.91 Å². The zero-order chi connectivity index (χ0) is 23.1. The number of nitrogens with one attached hydrogen (secondary N) is 1. The Morgan fingerprint density at radius 1 is 1.15 bits per heavy atom. The number of methoxy groups -OCH3 is 1. The Bertz CT molecular complexity index is 1350. The van der Waals surface area contributed by atoms with E-state index >= 15 is 0 Å². The van der Waals surface area contributed by atoms with E-state index in [2.05, 4.69) is 15.2 Å². The maximum atomic E-state index is 13.5. The second kappa shape index (κ2) is 8.09. The number of benzene rings is 2. The average Bonchev–Trinajstić information content (AvgIpc) is 3.36. The number of amides is 1. The molecule has 4 aromatic rings. The van der Waals surface area contributed by atoms with E-state index in [1.165, 1.54) is 0 Å². The zero-order valence-corrected chi connectivity index (χ0v) is 18.7. The molecule has 0 radical (unpaired) electrons. The van der Waals surface area contributed by atoms with Crippen LogP contribution in [-0.2, 0) is 6.54 Å². The first-order chi connectivity index (χ1) is 16.0. The van der Waals surface area contributed by atoms with Crippen molar-refractivity contribution in [2.75, 3.05) is 7.11 Å². The van der Waals surface area contributed by atoms with Crippen LogP contribution in [0.5, 0.6) is 11.5 Å². The van der Waals surface area contributed by atoms with Gasteiger partial charge in [-0.25, -0.2) is 0 Å². The van der Waals surface area contributed by atoms with Crippen LogP contribution in [0.3, 0.4) is 0 Å². The lowest BCUT2D eigenvalue weighted by Crippen LogP contribution is -2.29. The summed E-state index contributed by atoms with van der Waals surface area (Å²) >= 11 is 0. The number of aromatic hydroxyl groups is 1. The molecular formula is C26H24N4O3. The van der Waals surface area contributed by atoms with E-state index < -0.39 is 6.04 Å². The van der Waals surface area contributed by atoms with Crippen molar-refractivity contribution in [3.63, 3.8) is 0 Å². The lowest BCUT2D eigenvalue weighted by Gasteiger charge is -2.26. The third-order valence-electron chi connectivity index (χ3n) is 6.05. The van der Waals surface area contributed by atoms with Gasteiger partial charge in [0.15, 0.2) is 0 Å². The summed E-state index contributed by atoms with van der Waals surface area (Å²) in [6, 6.07) is 14.9. The van der Waals surface area contributed by atoms with Crippen LogP contribution < -0.4 is 4.74 Å². The van der Waals surface area contributed by atoms with Crippen LogP contribution in [-0.4, -0.2) is 38.2 Å². The Hall–Kier alpha value is -4.13. The molecule has 33 heavy (non-hydrogen) atoms. The van der Waals surface area contributed by atoms with E-state index in [0.717, 1.165) is 27.8 Å². The number of carbonyl (C=O) groups is 1. The molecule has 2 N–H and O–H groups in total. The Kier molecular flexibility index (Phi) is 5.09. The lowest BCUT2D eigenvalue weighted by atomic mass is 9.94. The predicted octanol–water partition coefficient (Wildman–Crippen LogP) is 4.55. The molecular weight excluding hydrogens is 416 g/mol. The van der Waals surface area contributed by atoms with Crippen molar-refractivity contribution in [1.82, 2.24) is 20.1 Å². The number of ether oxygens (including phenoxy) is 1. The second-order valence-electron chi connectivity index (χ2n) is 8.31. The molecule has 0 saturated carbocycles. The highest BCUT2D eigenvalue weighted by molar-refractivity contribution is 6.00. The third kappa shape index (κ3) is 3.51. The van der Waals surface area contributed by atoms with Gasteiger partial charge in [0.1, 0.15) is 22.9 Å². The number of fused-ring (bicyclic) bond motifs is 1. The summed E-state index contributed by atoms with van der Waals surface area (Å²) in [6.07, 6.45) is 3.47. The Labute approximate surface area is 191 Å². The summed E-state index contributed by atoms with van der Waals surface area (Å²) in [4.78, 5) is 19.5. The number of phenols is 1. The first-order valence-corrected chi connectivity index (χ1v) is 10.7. The summed E-state index contributed by atoms with van der Waals surface area (Å²) in [5.41, 5.74) is 5.95. The molecule has 1 unspecified atom stereocenters. The largest absolute Gasteiger partial charge is 0.507 e. The third-order valence-corrected chi connectivity index (χ3v) is 6.05. The summed E-state index contributed by atoms with van der Waals surface area (Å²) in [5.74, 6) is 0.718. The molecule has 0 fully saturated rings. The number of H-pyrrole nitrogens is 1. The monoisotopic (exact) mass is 440 g/mol. The van der Waals surface area contributed by atoms with Crippen LogP contribution in [0.25, 0.3) is 11.3 Å². The summed E-state index contributed by atoms with van der Waals surface area (Å²) < 4.78 is 5.45. The van der Waals surface area contributed by atoms with Crippen molar-refractivity contribution in [3.05, 3.63) is 94.4 Å². The first kappa shape index (κ1) is 20.8. The molecule has 166 valence electrons. The average molecular weight is 441 g/mol. The number of hydrogen-bond acceptors (Lipinski definition) is 5. The molecule has 3 heterocycles. The number of carbonyl (C=O) groups excluding carboxylic acids is 1. The van der Waals surface area contributed by atoms with Crippen molar-refractivity contribution in [1.29, 1.82) is 0 Å². The standard InChI is InChI=1S/C26H24N4O3/c1-15-10-16(2)25(31)20(11-15)22-21-23(29-28-22)26(32)30(14-17-6-5-9-27-13-17)24(21)18-7-4-8-19(12-18)33-3/h4-13,24,31H,14H2,1-3H3,(H,28,29). The molecule has 1 aliphatic heterocycles. The number of hydrogen-bond donors (Lipinski definition) is 2. The second-order valence-corrected chi connectivity index (χ2v) is 8.31. The molecule has 7 heteroatoms. The van der Waals surface area contributed by atoms with Gasteiger partial charge < -0.3 is 14.7 Å². The van der Waals surface area contributed by atoms with Crippen molar-refractivity contribution < 1.29 is 14.6 Å². The molecule has 2 aromatic carbocycles. The molecule has 1 atom stereocenters. The predicted molar refractivity (Wildman–Crippen MR) is 124 cm³/mol. The Balaban J connectivity index is 1.70. The molecule has 2 aromatic heterocycles. The number of phenolic OH excluding ortho intramolecular Hbond substituents is 1. The fourth-order valence-corrected chi connectivity index (χ4v) is 4.55. The minimum atomic E-state index is -0.406. The maximum Gasteiger partial charge on any atom is 0.273 e. The minimum absolute atomic E-state index is 0.149. The van der Waals surface area contributed by atoms with Gasteiger partial charge in [0.05, 0.1) is 13.2 Å². The van der Waals surface area contributed by atoms with Gasteiger partial charge in [0.25, 0.3) is 5.91 Å². The van der Waals surface area contributed by atoms with Crippen LogP contribution >= 0.6 is 0 Å². The number of rotatable bonds is 5. The number of aromatic nitrogens is 3. The molecule has 0 bridgehead atoms. The van der Waals surface area contributed by atoms with Crippen LogP contribution in [0.15, 0.2) is 60.9 Å². The van der Waals surface area contributed by atoms with Gasteiger partial charge in [-0.3, -0.25) is 14.9 Å². The normalized spacial score (nSPS) is 15.1. The highest BCUT2D eigenvalue weighted by Crippen LogP contribution is 2.46. The maximum absolute atomic E-state index is 13.5. The van der Waals surface area contributed by atoms with Gasteiger partial charge in [-0.15, -0.1) is 0 Å². The van der Waals surface area contributed by atoms with Gasteiger partial charge in [-0.2, -0.15) is 5.10 Å². The zero-order valence-electron chi connectivity index (χ0n) is 18.7. The molecule has 0 aliphatic carbocycles. The van der Waals surface area contributed by atoms with Crippen LogP contribution in [0.4, 0.5) is 0 Å². The molecule has 0 saturated heterocycles. The molecule has 5 rings (SSSR count). The SMILES string of the molecule is COc1cccc(C2c3c(-c4cc(C)cc(C)c4O)n[nH]c3C(=O)N2Cc2cccnc2)c1. The lowest BCUT2D eigenvalue weighted by molar-refractivity contribution is 0.0729. The Morgan fingerprint density at radius 3 is 2.76 bits per heavy atom. The van der Waals surface area contributed by atoms with E-state index in [-0.39, 0.29) is 11.7 Å². The van der Waals surface area contributed by atoms with Gasteiger partial charge in [-0.05, 0) is 60.4 Å². The molecule has 7 nitrogen and oxygen atoms in total. The fourth-order valence-electron chi connectivity index (χ4n) is 4.55. The van der Waals surface area contributed by atoms with Crippen molar-refractivity contribution in [2.24, 2.45) is 0 Å². The van der Waals surface area contributed by atoms with Crippen LogP contribution in [0.2, 0.25) is 0 Å². The van der Waals surface area contributed by atoms with Gasteiger partial charge in [-0.1, -0.05) is 24.3 Å². The van der Waals surface area contributed by atoms with Gasteiger partial charge >= 0.3 is 0 Å². The topological polar surface area (TPSA) is 91.3 Å². The van der Waals surface area contributed by atoms with Gasteiger partial charge in [0.2, 0.25) is 0 Å². The van der Waals surface area contributed by atoms with Crippen molar-refractivity contribution in [3.8, 4) is 22.8 Å². The fraction of sp³-hybridized carbons (Fsp3) is 0.192. The van der Waals surface area contributed by atoms with Crippen molar-refractivity contribution in [2.45, 2.75) is 26.4 Å². The van der Waals surface area contributed by atoms with E-state index in [1.807, 2.05) is 62.4 Å². The molecule has 1 amide bonds. The number of pyridine rings is 1. The highest BCUT2D eigenvalue weighted by atomic mass is 16.5. The Morgan fingerprint density at radius 2 is 2.00 bits per heavy atom. The summed E-state index contributed by atoms with van der Waals surface area (Å²) in [7, 11) is 1.62. The van der Waals surface area contributed by atoms with Gasteiger partial charge in [0, 0.05) is 30.1 Å². The van der Waals surface area contributed by atoms with Crippen LogP contribution in [0.1, 0.15) is 44.3 Å². The smallest absolute Gasteiger partial charge is 0.273 e. The molecule has 0 spiro atoms. The van der Waals surface area contributed by atoms with E-state index in [4.69, 9.17) is 4.74 Å².